The van der Waals surface area contributed by atoms with Gasteiger partial charge in [-0.3, -0.25) is 25.2 Å². The Morgan fingerprint density at radius 3 is 2.25 bits per heavy atom. The maximum absolute atomic E-state index is 12.0. The summed E-state index contributed by atoms with van der Waals surface area (Å²) in [7, 11) is 0. The van der Waals surface area contributed by atoms with E-state index in [0.717, 1.165) is 22.4 Å². The largest absolute Gasteiger partial charge is 0.483 e. The number of carbonyl (C=O) groups is 3. The van der Waals surface area contributed by atoms with E-state index >= 15 is 0 Å². The summed E-state index contributed by atoms with van der Waals surface area (Å²) in [6, 6.07) is 13.1. The van der Waals surface area contributed by atoms with Crippen molar-refractivity contribution >= 4 is 23.4 Å². The molecule has 0 saturated heterocycles. The molecule has 0 heterocycles. The lowest BCUT2D eigenvalue weighted by atomic mass is 10.1. The monoisotopic (exact) mass is 383 g/mol. The highest BCUT2D eigenvalue weighted by molar-refractivity contribution is 5.94. The number of rotatable bonds is 7. The van der Waals surface area contributed by atoms with Crippen LogP contribution in [-0.4, -0.2) is 24.3 Å². The van der Waals surface area contributed by atoms with Gasteiger partial charge >= 0.3 is 0 Å². The van der Waals surface area contributed by atoms with Crippen LogP contribution in [0.1, 0.15) is 29.5 Å². The number of hydrazine groups is 1. The van der Waals surface area contributed by atoms with Crippen LogP contribution in [0.15, 0.2) is 42.5 Å². The summed E-state index contributed by atoms with van der Waals surface area (Å²) in [6.07, 6.45) is -0.0373. The van der Waals surface area contributed by atoms with Crippen molar-refractivity contribution in [2.45, 2.75) is 33.6 Å². The van der Waals surface area contributed by atoms with Crippen LogP contribution in [0.3, 0.4) is 0 Å². The number of amides is 3. The fraction of sp³-hybridized carbons (Fsp3) is 0.286. The molecule has 3 amide bonds. The van der Waals surface area contributed by atoms with E-state index in [0.29, 0.717) is 5.75 Å². The molecule has 0 atom stereocenters. The normalized spacial score (nSPS) is 10.1. The third-order valence-electron chi connectivity index (χ3n) is 4.04. The molecule has 0 spiro atoms. The fourth-order valence-electron chi connectivity index (χ4n) is 2.41. The van der Waals surface area contributed by atoms with Crippen molar-refractivity contribution in [3.05, 3.63) is 59.2 Å². The first-order valence-electron chi connectivity index (χ1n) is 8.98. The van der Waals surface area contributed by atoms with Gasteiger partial charge < -0.3 is 10.1 Å². The van der Waals surface area contributed by atoms with E-state index in [-0.39, 0.29) is 25.4 Å². The van der Waals surface area contributed by atoms with E-state index in [2.05, 4.69) is 16.2 Å². The zero-order valence-corrected chi connectivity index (χ0v) is 16.3. The molecule has 0 radical (unpaired) electrons. The third kappa shape index (κ3) is 6.75. The van der Waals surface area contributed by atoms with Gasteiger partial charge in [0, 0.05) is 18.5 Å². The Labute approximate surface area is 164 Å². The number of aryl methyl sites for hydroxylation is 3. The number of benzene rings is 2. The Balaban J connectivity index is 1.67. The second kappa shape index (κ2) is 10.1. The highest BCUT2D eigenvalue weighted by Crippen LogP contribution is 2.17. The van der Waals surface area contributed by atoms with Crippen molar-refractivity contribution in [3.63, 3.8) is 0 Å². The van der Waals surface area contributed by atoms with Gasteiger partial charge in [-0.2, -0.15) is 0 Å². The van der Waals surface area contributed by atoms with E-state index in [4.69, 9.17) is 4.74 Å². The predicted octanol–water partition coefficient (Wildman–Crippen LogP) is 2.56. The van der Waals surface area contributed by atoms with E-state index < -0.39 is 11.8 Å². The second-order valence-electron chi connectivity index (χ2n) is 6.52. The lowest BCUT2D eigenvalue weighted by Gasteiger charge is -2.11. The van der Waals surface area contributed by atoms with Crippen molar-refractivity contribution in [1.82, 2.24) is 10.9 Å². The molecule has 28 heavy (non-hydrogen) atoms. The molecule has 2 rings (SSSR count). The predicted molar refractivity (Wildman–Crippen MR) is 107 cm³/mol. The van der Waals surface area contributed by atoms with Gasteiger partial charge in [-0.05, 0) is 49.6 Å². The highest BCUT2D eigenvalue weighted by atomic mass is 16.5. The number of carbonyl (C=O) groups excluding carboxylic acids is 3. The van der Waals surface area contributed by atoms with Crippen molar-refractivity contribution in [2.75, 3.05) is 11.9 Å². The molecule has 0 unspecified atom stereocenters. The van der Waals surface area contributed by atoms with Crippen LogP contribution in [0, 0.1) is 20.8 Å². The summed E-state index contributed by atoms with van der Waals surface area (Å²) in [5.74, 6) is -0.609. The Morgan fingerprint density at radius 2 is 1.50 bits per heavy atom. The van der Waals surface area contributed by atoms with Crippen LogP contribution >= 0.6 is 0 Å². The molecule has 0 saturated carbocycles. The highest BCUT2D eigenvalue weighted by Gasteiger charge is 2.10. The molecule has 2 aromatic rings. The number of ether oxygens (including phenoxy) is 1. The van der Waals surface area contributed by atoms with Gasteiger partial charge in [0.05, 0.1) is 0 Å². The first-order chi connectivity index (χ1) is 13.3. The van der Waals surface area contributed by atoms with Crippen molar-refractivity contribution in [1.29, 1.82) is 0 Å². The molecule has 7 heteroatoms. The molecule has 3 N–H and O–H groups in total. The third-order valence-corrected chi connectivity index (χ3v) is 4.04. The fourth-order valence-corrected chi connectivity index (χ4v) is 2.41. The van der Waals surface area contributed by atoms with E-state index in [9.17, 15) is 14.4 Å². The number of para-hydroxylation sites is 1. The second-order valence-corrected chi connectivity index (χ2v) is 6.52. The summed E-state index contributed by atoms with van der Waals surface area (Å²) in [5, 5.41) is 2.79. The van der Waals surface area contributed by atoms with E-state index in [1.807, 2.05) is 57.2 Å². The van der Waals surface area contributed by atoms with Crippen molar-refractivity contribution < 1.29 is 19.1 Å². The van der Waals surface area contributed by atoms with Crippen LogP contribution < -0.4 is 20.9 Å². The minimum atomic E-state index is -0.489. The molecule has 0 fully saturated rings. The average molecular weight is 383 g/mol. The quantitative estimate of drug-likeness (QED) is 0.640. The minimum absolute atomic E-state index is 0.00873. The molecular weight excluding hydrogens is 358 g/mol. The van der Waals surface area contributed by atoms with Crippen molar-refractivity contribution in [2.24, 2.45) is 0 Å². The summed E-state index contributed by atoms with van der Waals surface area (Å²) >= 11 is 0. The Kier molecular flexibility index (Phi) is 7.56. The summed E-state index contributed by atoms with van der Waals surface area (Å²) in [6.45, 7) is 5.49. The van der Waals surface area contributed by atoms with Gasteiger partial charge in [0.1, 0.15) is 5.75 Å². The molecule has 0 bridgehead atoms. The Hall–Kier alpha value is -3.35. The number of anilines is 1. The van der Waals surface area contributed by atoms with Gasteiger partial charge in [-0.15, -0.1) is 0 Å². The van der Waals surface area contributed by atoms with Crippen LogP contribution in [-0.2, 0) is 14.4 Å². The Bertz CT molecular complexity index is 864. The molecule has 148 valence electrons. The zero-order chi connectivity index (χ0) is 20.5. The zero-order valence-electron chi connectivity index (χ0n) is 16.3. The number of hydrogen-bond donors (Lipinski definition) is 3. The van der Waals surface area contributed by atoms with Gasteiger partial charge in [0.25, 0.3) is 5.91 Å². The SMILES string of the molecule is Cc1ccc(C)c(NC(=O)CCC(=O)NNC(=O)COc2ccccc2C)c1. The lowest BCUT2D eigenvalue weighted by molar-refractivity contribution is -0.130. The van der Waals surface area contributed by atoms with Gasteiger partial charge in [0.15, 0.2) is 6.61 Å². The summed E-state index contributed by atoms with van der Waals surface area (Å²) in [4.78, 5) is 35.6. The summed E-state index contributed by atoms with van der Waals surface area (Å²) < 4.78 is 5.39. The van der Waals surface area contributed by atoms with Crippen molar-refractivity contribution in [3.8, 4) is 5.75 Å². The van der Waals surface area contributed by atoms with Crippen LogP contribution in [0.25, 0.3) is 0 Å². The maximum atomic E-state index is 12.0. The molecule has 0 aliphatic rings. The Morgan fingerprint density at radius 1 is 0.821 bits per heavy atom. The molecular formula is C21H25N3O4. The standard InChI is InChI=1S/C21H25N3O4/c1-14-8-9-15(2)17(12-14)22-19(25)10-11-20(26)23-24-21(27)13-28-18-7-5-4-6-16(18)3/h4-9,12H,10-11,13H2,1-3H3,(H,22,25)(H,23,26)(H,24,27). The van der Waals surface area contributed by atoms with E-state index in [1.165, 1.54) is 0 Å². The average Bonchev–Trinajstić information content (AvgIpc) is 2.67. The number of nitrogens with one attached hydrogen (secondary N) is 3. The number of hydrogen-bond acceptors (Lipinski definition) is 4. The van der Waals surface area contributed by atoms with Crippen LogP contribution in [0.4, 0.5) is 5.69 Å². The minimum Gasteiger partial charge on any atom is -0.483 e. The maximum Gasteiger partial charge on any atom is 0.276 e. The lowest BCUT2D eigenvalue weighted by Crippen LogP contribution is -2.44. The van der Waals surface area contributed by atoms with E-state index in [1.54, 1.807) is 6.07 Å². The smallest absolute Gasteiger partial charge is 0.276 e. The first kappa shape index (κ1) is 21.0. The molecule has 2 aromatic carbocycles. The summed E-state index contributed by atoms with van der Waals surface area (Å²) in [5.41, 5.74) is 8.17. The van der Waals surface area contributed by atoms with Gasteiger partial charge in [-0.1, -0.05) is 30.3 Å². The van der Waals surface area contributed by atoms with Crippen LogP contribution in [0.5, 0.6) is 5.75 Å². The first-order valence-corrected chi connectivity index (χ1v) is 8.98. The molecule has 0 aliphatic heterocycles. The van der Waals surface area contributed by atoms with Crippen LogP contribution in [0.2, 0.25) is 0 Å². The molecule has 0 aromatic heterocycles. The topological polar surface area (TPSA) is 96.5 Å². The van der Waals surface area contributed by atoms with Gasteiger partial charge in [-0.25, -0.2) is 0 Å². The molecule has 7 nitrogen and oxygen atoms in total. The molecule has 0 aliphatic carbocycles. The van der Waals surface area contributed by atoms with Gasteiger partial charge in [0.2, 0.25) is 11.8 Å².